The third kappa shape index (κ3) is 2.92. The molecule has 7 heteroatoms. The van der Waals surface area contributed by atoms with E-state index in [4.69, 9.17) is 0 Å². The molecule has 0 aliphatic carbocycles. The van der Waals surface area contributed by atoms with Gasteiger partial charge >= 0.3 is 0 Å². The first kappa shape index (κ1) is 16.3. The van der Waals surface area contributed by atoms with Crippen molar-refractivity contribution in [2.45, 2.75) is 13.5 Å². The van der Waals surface area contributed by atoms with Gasteiger partial charge in [0.2, 0.25) is 0 Å². The van der Waals surface area contributed by atoms with E-state index >= 15 is 0 Å². The molecule has 0 bridgehead atoms. The van der Waals surface area contributed by atoms with Gasteiger partial charge in [-0.25, -0.2) is 23.1 Å². The maximum absolute atomic E-state index is 14.3. The fourth-order valence-electron chi connectivity index (χ4n) is 2.70. The molecule has 1 N–H and O–H groups in total. The van der Waals surface area contributed by atoms with Crippen LogP contribution >= 0.6 is 0 Å². The molecule has 3 aromatic rings. The van der Waals surface area contributed by atoms with Gasteiger partial charge in [0.25, 0.3) is 0 Å². The SMILES string of the molecule is Cc1cnc(-c2ccc(F)c(F)c2)nc1Nc1cc2c(cc1F)CN=C2. The van der Waals surface area contributed by atoms with Crippen LogP contribution in [0.2, 0.25) is 0 Å². The number of nitrogens with zero attached hydrogens (tertiary/aromatic N) is 3. The van der Waals surface area contributed by atoms with E-state index in [-0.39, 0.29) is 11.5 Å². The summed E-state index contributed by atoms with van der Waals surface area (Å²) in [6.45, 7) is 2.24. The molecule has 0 fully saturated rings. The minimum absolute atomic E-state index is 0.208. The zero-order chi connectivity index (χ0) is 18.3. The van der Waals surface area contributed by atoms with E-state index in [0.717, 1.165) is 23.3 Å². The summed E-state index contributed by atoms with van der Waals surface area (Å²) >= 11 is 0. The van der Waals surface area contributed by atoms with Gasteiger partial charge in [0, 0.05) is 23.5 Å². The summed E-state index contributed by atoms with van der Waals surface area (Å²) in [4.78, 5) is 12.6. The zero-order valence-corrected chi connectivity index (χ0v) is 13.7. The number of fused-ring (bicyclic) bond motifs is 1. The lowest BCUT2D eigenvalue weighted by molar-refractivity contribution is 0.509. The number of benzene rings is 2. The first-order chi connectivity index (χ1) is 12.5. The molecule has 26 heavy (non-hydrogen) atoms. The van der Waals surface area contributed by atoms with Crippen molar-refractivity contribution in [3.63, 3.8) is 0 Å². The highest BCUT2D eigenvalue weighted by Crippen LogP contribution is 2.27. The summed E-state index contributed by atoms with van der Waals surface area (Å²) in [6, 6.07) is 6.54. The summed E-state index contributed by atoms with van der Waals surface area (Å²) in [5, 5.41) is 2.95. The molecular weight excluding hydrogens is 341 g/mol. The maximum atomic E-state index is 14.3. The smallest absolute Gasteiger partial charge is 0.161 e. The molecule has 0 unspecified atom stereocenters. The number of anilines is 2. The van der Waals surface area contributed by atoms with Gasteiger partial charge in [-0.3, -0.25) is 4.99 Å². The minimum atomic E-state index is -0.981. The van der Waals surface area contributed by atoms with E-state index in [1.165, 1.54) is 12.1 Å². The molecule has 1 aromatic heterocycles. The number of aryl methyl sites for hydroxylation is 1. The van der Waals surface area contributed by atoms with Gasteiger partial charge in [-0.15, -0.1) is 0 Å². The molecule has 1 aliphatic rings. The number of halogens is 3. The topological polar surface area (TPSA) is 50.2 Å². The van der Waals surface area contributed by atoms with Crippen molar-refractivity contribution < 1.29 is 13.2 Å². The lowest BCUT2D eigenvalue weighted by Crippen LogP contribution is -2.03. The van der Waals surface area contributed by atoms with Crippen LogP contribution in [-0.4, -0.2) is 16.2 Å². The number of aromatic nitrogens is 2. The largest absolute Gasteiger partial charge is 0.337 e. The predicted octanol–water partition coefficient (Wildman–Crippen LogP) is 4.55. The first-order valence-corrected chi connectivity index (χ1v) is 7.89. The van der Waals surface area contributed by atoms with Crippen LogP contribution in [0, 0.1) is 24.4 Å². The van der Waals surface area contributed by atoms with Crippen LogP contribution < -0.4 is 5.32 Å². The van der Waals surface area contributed by atoms with Gasteiger partial charge in [0.15, 0.2) is 17.5 Å². The van der Waals surface area contributed by atoms with E-state index in [9.17, 15) is 13.2 Å². The number of hydrogen-bond acceptors (Lipinski definition) is 4. The van der Waals surface area contributed by atoms with E-state index in [1.807, 2.05) is 0 Å². The summed E-state index contributed by atoms with van der Waals surface area (Å²) < 4.78 is 40.9. The van der Waals surface area contributed by atoms with Crippen LogP contribution in [0.25, 0.3) is 11.4 Å². The molecule has 0 spiro atoms. The summed E-state index contributed by atoms with van der Waals surface area (Å²) in [5.74, 6) is -1.75. The van der Waals surface area contributed by atoms with Crippen molar-refractivity contribution in [1.82, 2.24) is 9.97 Å². The Bertz CT molecular complexity index is 1050. The molecule has 0 saturated carbocycles. The Balaban J connectivity index is 1.71. The molecule has 0 saturated heterocycles. The molecule has 130 valence electrons. The zero-order valence-electron chi connectivity index (χ0n) is 13.7. The van der Waals surface area contributed by atoms with Crippen LogP contribution in [0.1, 0.15) is 16.7 Å². The second-order valence-electron chi connectivity index (χ2n) is 5.98. The Labute approximate surface area is 147 Å². The van der Waals surface area contributed by atoms with Crippen molar-refractivity contribution in [3.8, 4) is 11.4 Å². The van der Waals surface area contributed by atoms with Crippen molar-refractivity contribution in [2.24, 2.45) is 4.99 Å². The van der Waals surface area contributed by atoms with Crippen LogP contribution in [0.5, 0.6) is 0 Å². The maximum Gasteiger partial charge on any atom is 0.161 e. The Morgan fingerprint density at radius 1 is 1.00 bits per heavy atom. The fraction of sp³-hybridized carbons (Fsp3) is 0.105. The van der Waals surface area contributed by atoms with Crippen molar-refractivity contribution >= 4 is 17.7 Å². The number of nitrogens with one attached hydrogen (secondary N) is 1. The van der Waals surface area contributed by atoms with E-state index in [2.05, 4.69) is 20.3 Å². The molecular formula is C19H13F3N4. The van der Waals surface area contributed by atoms with Crippen molar-refractivity contribution in [1.29, 1.82) is 0 Å². The highest BCUT2D eigenvalue weighted by Gasteiger charge is 2.14. The molecule has 2 aromatic carbocycles. The Morgan fingerprint density at radius 2 is 1.85 bits per heavy atom. The predicted molar refractivity (Wildman–Crippen MR) is 93.1 cm³/mol. The molecule has 1 aliphatic heterocycles. The van der Waals surface area contributed by atoms with Gasteiger partial charge in [0.05, 0.1) is 12.2 Å². The Kier molecular flexibility index (Phi) is 3.91. The molecule has 0 radical (unpaired) electrons. The fourth-order valence-corrected chi connectivity index (χ4v) is 2.70. The third-order valence-corrected chi connectivity index (χ3v) is 4.12. The lowest BCUT2D eigenvalue weighted by Gasteiger charge is -2.12. The summed E-state index contributed by atoms with van der Waals surface area (Å²) in [5.41, 5.74) is 2.95. The number of aliphatic imine (C=N–C) groups is 1. The minimum Gasteiger partial charge on any atom is -0.337 e. The first-order valence-electron chi connectivity index (χ1n) is 7.89. The lowest BCUT2D eigenvalue weighted by atomic mass is 10.1. The van der Waals surface area contributed by atoms with Gasteiger partial charge in [0.1, 0.15) is 11.6 Å². The highest BCUT2D eigenvalue weighted by atomic mass is 19.2. The number of hydrogen-bond donors (Lipinski definition) is 1. The van der Waals surface area contributed by atoms with Crippen molar-refractivity contribution in [3.05, 3.63) is 70.7 Å². The average molecular weight is 354 g/mol. The standard InChI is InChI=1S/C19H13F3N4/c1-10-7-24-19(11-2-3-14(20)15(21)4-11)26-18(10)25-17-6-13-9-23-8-12(13)5-16(17)22/h2-7,9H,8H2,1H3,(H,24,25,26). The third-order valence-electron chi connectivity index (χ3n) is 4.12. The van der Waals surface area contributed by atoms with Crippen LogP contribution in [0.3, 0.4) is 0 Å². The van der Waals surface area contributed by atoms with Crippen molar-refractivity contribution in [2.75, 3.05) is 5.32 Å². The number of rotatable bonds is 3. The Hall–Kier alpha value is -3.22. The highest BCUT2D eigenvalue weighted by molar-refractivity contribution is 5.86. The molecule has 0 atom stereocenters. The van der Waals surface area contributed by atoms with Gasteiger partial charge in [-0.1, -0.05) is 0 Å². The van der Waals surface area contributed by atoms with Crippen LogP contribution in [0.15, 0.2) is 41.5 Å². The monoisotopic (exact) mass is 354 g/mol. The molecule has 0 amide bonds. The Morgan fingerprint density at radius 3 is 2.65 bits per heavy atom. The summed E-state index contributed by atoms with van der Waals surface area (Å²) in [6.07, 6.45) is 3.23. The van der Waals surface area contributed by atoms with Crippen LogP contribution in [-0.2, 0) is 6.54 Å². The molecule has 4 rings (SSSR count). The average Bonchev–Trinajstić information content (AvgIpc) is 3.06. The van der Waals surface area contributed by atoms with Gasteiger partial charge in [-0.2, -0.15) is 0 Å². The summed E-state index contributed by atoms with van der Waals surface area (Å²) in [7, 11) is 0. The van der Waals surface area contributed by atoms with Gasteiger partial charge in [-0.05, 0) is 48.4 Å². The van der Waals surface area contributed by atoms with Gasteiger partial charge < -0.3 is 5.32 Å². The normalized spacial score (nSPS) is 12.3. The molecule has 4 nitrogen and oxygen atoms in total. The van der Waals surface area contributed by atoms with E-state index < -0.39 is 17.5 Å². The van der Waals surface area contributed by atoms with Crippen LogP contribution in [0.4, 0.5) is 24.7 Å². The quantitative estimate of drug-likeness (QED) is 0.751. The second kappa shape index (κ2) is 6.25. The van der Waals surface area contributed by atoms with E-state index in [1.54, 1.807) is 25.4 Å². The van der Waals surface area contributed by atoms with E-state index in [0.29, 0.717) is 23.5 Å². The molecule has 2 heterocycles. The second-order valence-corrected chi connectivity index (χ2v) is 5.98.